The smallest absolute Gasteiger partial charge is 0.123 e. The van der Waals surface area contributed by atoms with E-state index in [0.717, 1.165) is 11.1 Å². The standard InChI is InChI=1S/C16H26FNO/c1-7-19-15(16(3,4)5)14(18-6)12-8-11(2)9-13(17)10-12/h8-10,14-15,18H,7H2,1-6H3. The van der Waals surface area contributed by atoms with Crippen LogP contribution in [0.1, 0.15) is 44.9 Å². The fourth-order valence-corrected chi connectivity index (χ4v) is 2.46. The third-order valence-corrected chi connectivity index (χ3v) is 3.24. The Morgan fingerprint density at radius 2 is 1.89 bits per heavy atom. The summed E-state index contributed by atoms with van der Waals surface area (Å²) < 4.78 is 19.5. The molecule has 2 nitrogen and oxygen atoms in total. The lowest BCUT2D eigenvalue weighted by Crippen LogP contribution is -2.41. The van der Waals surface area contributed by atoms with Crippen LogP contribution in [0, 0.1) is 18.2 Å². The highest BCUT2D eigenvalue weighted by Crippen LogP contribution is 2.33. The van der Waals surface area contributed by atoms with Crippen LogP contribution in [0.25, 0.3) is 0 Å². The van der Waals surface area contributed by atoms with Crippen molar-refractivity contribution in [3.05, 3.63) is 35.1 Å². The van der Waals surface area contributed by atoms with Crippen molar-refractivity contribution in [1.29, 1.82) is 0 Å². The molecule has 0 heterocycles. The molecule has 1 aromatic rings. The Hall–Kier alpha value is -0.930. The van der Waals surface area contributed by atoms with Gasteiger partial charge in [0.1, 0.15) is 5.82 Å². The molecule has 0 bridgehead atoms. The largest absolute Gasteiger partial charge is 0.376 e. The molecule has 0 radical (unpaired) electrons. The van der Waals surface area contributed by atoms with Crippen molar-refractivity contribution in [2.75, 3.05) is 13.7 Å². The molecule has 0 aliphatic rings. The maximum absolute atomic E-state index is 13.6. The van der Waals surface area contributed by atoms with Crippen LogP contribution >= 0.6 is 0 Å². The maximum atomic E-state index is 13.6. The van der Waals surface area contributed by atoms with Crippen molar-refractivity contribution in [2.24, 2.45) is 5.41 Å². The Morgan fingerprint density at radius 1 is 1.26 bits per heavy atom. The molecular formula is C16H26FNO. The zero-order chi connectivity index (χ0) is 14.6. The van der Waals surface area contributed by atoms with Gasteiger partial charge in [-0.2, -0.15) is 0 Å². The summed E-state index contributed by atoms with van der Waals surface area (Å²) in [5, 5.41) is 3.27. The number of aryl methyl sites for hydroxylation is 1. The molecule has 0 spiro atoms. The number of benzene rings is 1. The number of nitrogens with one attached hydrogen (secondary N) is 1. The molecule has 0 aliphatic carbocycles. The van der Waals surface area contributed by atoms with Gasteiger partial charge >= 0.3 is 0 Å². The van der Waals surface area contributed by atoms with E-state index in [4.69, 9.17) is 4.74 Å². The lowest BCUT2D eigenvalue weighted by molar-refractivity contribution is -0.0351. The predicted molar refractivity (Wildman–Crippen MR) is 77.8 cm³/mol. The summed E-state index contributed by atoms with van der Waals surface area (Å²) in [6, 6.07) is 5.13. The Labute approximate surface area is 116 Å². The van der Waals surface area contributed by atoms with E-state index >= 15 is 0 Å². The third kappa shape index (κ3) is 4.29. The number of hydrogen-bond acceptors (Lipinski definition) is 2. The van der Waals surface area contributed by atoms with Gasteiger partial charge in [0.05, 0.1) is 12.1 Å². The second-order valence-electron chi connectivity index (χ2n) is 6.07. The van der Waals surface area contributed by atoms with E-state index in [0.29, 0.717) is 6.61 Å². The summed E-state index contributed by atoms with van der Waals surface area (Å²) in [7, 11) is 1.89. The molecule has 0 aromatic heterocycles. The highest BCUT2D eigenvalue weighted by Gasteiger charge is 2.33. The number of hydrogen-bond donors (Lipinski definition) is 1. The van der Waals surface area contributed by atoms with E-state index < -0.39 is 0 Å². The molecule has 108 valence electrons. The van der Waals surface area contributed by atoms with E-state index in [1.165, 1.54) is 0 Å². The van der Waals surface area contributed by atoms with E-state index in [-0.39, 0.29) is 23.4 Å². The Kier molecular flexibility index (Phi) is 5.50. The molecule has 0 saturated heterocycles. The summed E-state index contributed by atoms with van der Waals surface area (Å²) >= 11 is 0. The van der Waals surface area contributed by atoms with Crippen LogP contribution in [0.5, 0.6) is 0 Å². The zero-order valence-electron chi connectivity index (χ0n) is 12.9. The maximum Gasteiger partial charge on any atom is 0.123 e. The van der Waals surface area contributed by atoms with Crippen molar-refractivity contribution < 1.29 is 9.13 Å². The van der Waals surface area contributed by atoms with Crippen molar-refractivity contribution >= 4 is 0 Å². The number of rotatable bonds is 5. The van der Waals surface area contributed by atoms with E-state index in [2.05, 4.69) is 26.1 Å². The molecule has 0 aliphatic heterocycles. The van der Waals surface area contributed by atoms with E-state index in [1.54, 1.807) is 12.1 Å². The van der Waals surface area contributed by atoms with Gasteiger partial charge in [0.15, 0.2) is 0 Å². The summed E-state index contributed by atoms with van der Waals surface area (Å²) in [4.78, 5) is 0. The zero-order valence-corrected chi connectivity index (χ0v) is 12.9. The molecule has 19 heavy (non-hydrogen) atoms. The molecule has 0 saturated carbocycles. The van der Waals surface area contributed by atoms with Crippen LogP contribution in [-0.2, 0) is 4.74 Å². The van der Waals surface area contributed by atoms with Crippen LogP contribution in [0.2, 0.25) is 0 Å². The number of likely N-dealkylation sites (N-methyl/N-ethyl adjacent to an activating group) is 1. The van der Waals surface area contributed by atoms with Gasteiger partial charge in [-0.05, 0) is 49.6 Å². The van der Waals surface area contributed by atoms with Crippen LogP contribution in [0.15, 0.2) is 18.2 Å². The van der Waals surface area contributed by atoms with Gasteiger partial charge < -0.3 is 10.1 Å². The minimum Gasteiger partial charge on any atom is -0.376 e. The van der Waals surface area contributed by atoms with E-state index in [9.17, 15) is 4.39 Å². The normalized spacial score (nSPS) is 15.3. The van der Waals surface area contributed by atoms with Gasteiger partial charge in [-0.3, -0.25) is 0 Å². The van der Waals surface area contributed by atoms with Crippen LogP contribution in [0.4, 0.5) is 4.39 Å². The summed E-state index contributed by atoms with van der Waals surface area (Å²) in [5.41, 5.74) is 1.84. The van der Waals surface area contributed by atoms with Crippen LogP contribution in [-0.4, -0.2) is 19.8 Å². The first-order chi connectivity index (χ1) is 8.79. The Balaban J connectivity index is 3.15. The lowest BCUT2D eigenvalue weighted by Gasteiger charge is -2.37. The fourth-order valence-electron chi connectivity index (χ4n) is 2.46. The van der Waals surface area contributed by atoms with Gasteiger partial charge in [0.2, 0.25) is 0 Å². The SMILES string of the molecule is CCOC(C(NC)c1cc(C)cc(F)c1)C(C)(C)C. The second kappa shape index (κ2) is 6.49. The van der Waals surface area contributed by atoms with Gasteiger partial charge in [-0.25, -0.2) is 4.39 Å². The Bertz CT molecular complexity index is 391. The van der Waals surface area contributed by atoms with Gasteiger partial charge in [-0.1, -0.05) is 26.8 Å². The van der Waals surface area contributed by atoms with Gasteiger partial charge in [0, 0.05) is 6.61 Å². The van der Waals surface area contributed by atoms with Gasteiger partial charge in [-0.15, -0.1) is 0 Å². The third-order valence-electron chi connectivity index (χ3n) is 3.24. The van der Waals surface area contributed by atoms with Crippen LogP contribution < -0.4 is 5.32 Å². The molecule has 1 rings (SSSR count). The van der Waals surface area contributed by atoms with Crippen molar-refractivity contribution in [1.82, 2.24) is 5.32 Å². The van der Waals surface area contributed by atoms with Crippen LogP contribution in [0.3, 0.4) is 0 Å². The molecule has 1 N–H and O–H groups in total. The Morgan fingerprint density at radius 3 is 2.32 bits per heavy atom. The topological polar surface area (TPSA) is 21.3 Å². The number of halogens is 1. The lowest BCUT2D eigenvalue weighted by atomic mass is 9.81. The second-order valence-corrected chi connectivity index (χ2v) is 6.07. The minimum absolute atomic E-state index is 0.0105. The molecular weight excluding hydrogens is 241 g/mol. The number of ether oxygens (including phenoxy) is 1. The highest BCUT2D eigenvalue weighted by molar-refractivity contribution is 5.27. The average Bonchev–Trinajstić information content (AvgIpc) is 2.26. The first-order valence-corrected chi connectivity index (χ1v) is 6.85. The molecule has 0 amide bonds. The van der Waals surface area contributed by atoms with Crippen molar-refractivity contribution in [3.63, 3.8) is 0 Å². The molecule has 1 aromatic carbocycles. The monoisotopic (exact) mass is 267 g/mol. The molecule has 0 fully saturated rings. The summed E-state index contributed by atoms with van der Waals surface area (Å²) in [6.45, 7) is 11.0. The quantitative estimate of drug-likeness (QED) is 0.875. The average molecular weight is 267 g/mol. The first-order valence-electron chi connectivity index (χ1n) is 6.85. The summed E-state index contributed by atoms with van der Waals surface area (Å²) in [6.07, 6.45) is -0.0105. The highest BCUT2D eigenvalue weighted by atomic mass is 19.1. The molecule has 3 heteroatoms. The van der Waals surface area contributed by atoms with E-state index in [1.807, 2.05) is 27.0 Å². The van der Waals surface area contributed by atoms with Crippen molar-refractivity contribution in [2.45, 2.75) is 46.8 Å². The molecule has 2 unspecified atom stereocenters. The molecule has 2 atom stereocenters. The first kappa shape index (κ1) is 16.1. The van der Waals surface area contributed by atoms with Crippen molar-refractivity contribution in [3.8, 4) is 0 Å². The van der Waals surface area contributed by atoms with Gasteiger partial charge in [0.25, 0.3) is 0 Å². The predicted octanol–water partition coefficient (Wildman–Crippen LogP) is 3.85. The fraction of sp³-hybridized carbons (Fsp3) is 0.625. The minimum atomic E-state index is -0.195. The summed E-state index contributed by atoms with van der Waals surface area (Å²) in [5.74, 6) is -0.195.